The van der Waals surface area contributed by atoms with Crippen LogP contribution in [0, 0.1) is 0 Å². The zero-order chi connectivity index (χ0) is 11.2. The lowest BCUT2D eigenvalue weighted by atomic mass is 10.3. The van der Waals surface area contributed by atoms with Gasteiger partial charge in [-0.1, -0.05) is 0 Å². The highest BCUT2D eigenvalue weighted by atomic mass is 32.2. The van der Waals surface area contributed by atoms with Crippen LogP contribution < -0.4 is 11.1 Å². The van der Waals surface area contributed by atoms with Crippen molar-refractivity contribution in [2.75, 3.05) is 18.6 Å². The largest absolute Gasteiger partial charge is 0.359 e. The lowest BCUT2D eigenvalue weighted by Crippen LogP contribution is -2.25. The summed E-state index contributed by atoms with van der Waals surface area (Å²) in [6.07, 6.45) is 0.466. The molecule has 5 nitrogen and oxygen atoms in total. The minimum Gasteiger partial charge on any atom is -0.359 e. The van der Waals surface area contributed by atoms with Gasteiger partial charge in [0, 0.05) is 19.5 Å². The Morgan fingerprint density at radius 2 is 2.00 bits per heavy atom. The zero-order valence-corrected chi connectivity index (χ0v) is 9.43. The fourth-order valence-electron chi connectivity index (χ4n) is 0.841. The van der Waals surface area contributed by atoms with E-state index in [1.165, 1.54) is 7.05 Å². The molecule has 0 saturated carbocycles. The molecular weight excluding hydrogens is 204 g/mol. The van der Waals surface area contributed by atoms with Gasteiger partial charge in [-0.3, -0.25) is 4.79 Å². The van der Waals surface area contributed by atoms with E-state index < -0.39 is 9.84 Å². The van der Waals surface area contributed by atoms with Gasteiger partial charge in [-0.05, 0) is 13.3 Å². The minimum absolute atomic E-state index is 0.0256. The minimum atomic E-state index is -3.12. The summed E-state index contributed by atoms with van der Waals surface area (Å²) in [5.74, 6) is -0.296. The van der Waals surface area contributed by atoms with Gasteiger partial charge in [-0.2, -0.15) is 0 Å². The standard InChI is InChI=1S/C8H18N2O3S/c1-7(9)3-5-14(12,13)6-4-8(11)10-2/h7H,3-6,9H2,1-2H3,(H,10,11). The second-order valence-corrected chi connectivity index (χ2v) is 5.64. The Balaban J connectivity index is 3.90. The van der Waals surface area contributed by atoms with Crippen LogP contribution in [0.1, 0.15) is 19.8 Å². The van der Waals surface area contributed by atoms with Gasteiger partial charge in [0.2, 0.25) is 5.91 Å². The van der Waals surface area contributed by atoms with Crippen molar-refractivity contribution in [3.8, 4) is 0 Å². The topological polar surface area (TPSA) is 89.3 Å². The normalized spacial score (nSPS) is 13.6. The summed E-state index contributed by atoms with van der Waals surface area (Å²) in [5, 5.41) is 2.37. The van der Waals surface area contributed by atoms with Crippen molar-refractivity contribution in [3.05, 3.63) is 0 Å². The molecule has 0 bridgehead atoms. The molecule has 3 N–H and O–H groups in total. The van der Waals surface area contributed by atoms with E-state index in [-0.39, 0.29) is 29.9 Å². The first kappa shape index (κ1) is 13.4. The summed E-state index contributed by atoms with van der Waals surface area (Å²) in [5.41, 5.74) is 5.44. The SMILES string of the molecule is CNC(=O)CCS(=O)(=O)CCC(C)N. The Labute approximate surface area is 85.0 Å². The fraction of sp³-hybridized carbons (Fsp3) is 0.875. The van der Waals surface area contributed by atoms with Crippen molar-refractivity contribution >= 4 is 15.7 Å². The number of rotatable bonds is 6. The number of hydrogen-bond acceptors (Lipinski definition) is 4. The summed E-state index contributed by atoms with van der Waals surface area (Å²) in [7, 11) is -1.64. The maximum atomic E-state index is 11.3. The molecule has 6 heteroatoms. The molecule has 0 aliphatic rings. The van der Waals surface area contributed by atoms with Crippen molar-refractivity contribution in [3.63, 3.8) is 0 Å². The van der Waals surface area contributed by atoms with Crippen molar-refractivity contribution in [1.29, 1.82) is 0 Å². The zero-order valence-electron chi connectivity index (χ0n) is 8.62. The molecule has 0 aliphatic heterocycles. The van der Waals surface area contributed by atoms with Crippen LogP contribution in [-0.2, 0) is 14.6 Å². The van der Waals surface area contributed by atoms with Gasteiger partial charge in [0.25, 0.3) is 0 Å². The summed E-state index contributed by atoms with van der Waals surface area (Å²) in [6.45, 7) is 1.76. The fourth-order valence-corrected chi connectivity index (χ4v) is 2.27. The molecule has 0 radical (unpaired) electrons. The number of nitrogens with two attached hydrogens (primary N) is 1. The number of carbonyl (C=O) groups is 1. The predicted octanol–water partition coefficient (Wildman–Crippen LogP) is -0.725. The van der Waals surface area contributed by atoms with Crippen molar-refractivity contribution in [1.82, 2.24) is 5.32 Å². The molecule has 0 aliphatic carbocycles. The molecule has 1 atom stereocenters. The number of amides is 1. The number of sulfone groups is 1. The van der Waals surface area contributed by atoms with Crippen LogP contribution in [0.4, 0.5) is 0 Å². The van der Waals surface area contributed by atoms with E-state index in [0.717, 1.165) is 0 Å². The number of carbonyl (C=O) groups excluding carboxylic acids is 1. The van der Waals surface area contributed by atoms with Crippen LogP contribution in [0.15, 0.2) is 0 Å². The first-order valence-corrected chi connectivity index (χ1v) is 6.36. The van der Waals surface area contributed by atoms with E-state index in [4.69, 9.17) is 5.73 Å². The molecule has 0 heterocycles. The Morgan fingerprint density at radius 3 is 2.43 bits per heavy atom. The summed E-state index contributed by atoms with van der Waals surface area (Å²) in [6, 6.07) is -0.121. The van der Waals surface area contributed by atoms with E-state index in [1.54, 1.807) is 6.92 Å². The van der Waals surface area contributed by atoms with Crippen LogP contribution in [0.3, 0.4) is 0 Å². The van der Waals surface area contributed by atoms with Gasteiger partial charge in [0.1, 0.15) is 0 Å². The van der Waals surface area contributed by atoms with Crippen molar-refractivity contribution < 1.29 is 13.2 Å². The van der Waals surface area contributed by atoms with Crippen LogP contribution in [0.2, 0.25) is 0 Å². The van der Waals surface area contributed by atoms with Gasteiger partial charge in [0.05, 0.1) is 11.5 Å². The molecule has 0 aromatic heterocycles. The molecule has 0 rings (SSSR count). The Hall–Kier alpha value is -0.620. The quantitative estimate of drug-likeness (QED) is 0.620. The molecule has 0 fully saturated rings. The maximum absolute atomic E-state index is 11.3. The van der Waals surface area contributed by atoms with Gasteiger partial charge in [-0.25, -0.2) is 8.42 Å². The molecule has 0 aromatic carbocycles. The van der Waals surface area contributed by atoms with E-state index >= 15 is 0 Å². The Bertz CT molecular complexity index is 272. The van der Waals surface area contributed by atoms with Gasteiger partial charge in [-0.15, -0.1) is 0 Å². The first-order valence-electron chi connectivity index (χ1n) is 4.54. The van der Waals surface area contributed by atoms with Gasteiger partial charge in [0.15, 0.2) is 9.84 Å². The second-order valence-electron chi connectivity index (χ2n) is 3.34. The van der Waals surface area contributed by atoms with Gasteiger partial charge >= 0.3 is 0 Å². The highest BCUT2D eigenvalue weighted by Crippen LogP contribution is 1.98. The third-order valence-corrected chi connectivity index (χ3v) is 3.49. The molecule has 84 valence electrons. The van der Waals surface area contributed by atoms with Crippen LogP contribution in [0.5, 0.6) is 0 Å². The van der Waals surface area contributed by atoms with E-state index in [1.807, 2.05) is 0 Å². The average molecular weight is 222 g/mol. The highest BCUT2D eigenvalue weighted by Gasteiger charge is 2.13. The lowest BCUT2D eigenvalue weighted by Gasteiger charge is -2.05. The van der Waals surface area contributed by atoms with Crippen LogP contribution >= 0.6 is 0 Å². The number of hydrogen-bond donors (Lipinski definition) is 2. The first-order chi connectivity index (χ1) is 6.37. The molecule has 14 heavy (non-hydrogen) atoms. The molecule has 0 saturated heterocycles. The van der Waals surface area contributed by atoms with E-state index in [0.29, 0.717) is 6.42 Å². The van der Waals surface area contributed by atoms with Crippen molar-refractivity contribution in [2.45, 2.75) is 25.8 Å². The Morgan fingerprint density at radius 1 is 1.43 bits per heavy atom. The smallest absolute Gasteiger partial charge is 0.220 e. The van der Waals surface area contributed by atoms with Crippen LogP contribution in [0.25, 0.3) is 0 Å². The molecule has 1 unspecified atom stereocenters. The number of nitrogens with one attached hydrogen (secondary N) is 1. The summed E-state index contributed by atoms with van der Waals surface area (Å²) < 4.78 is 22.6. The molecular formula is C8H18N2O3S. The van der Waals surface area contributed by atoms with Crippen LogP contribution in [-0.4, -0.2) is 38.9 Å². The molecule has 0 spiro atoms. The monoisotopic (exact) mass is 222 g/mol. The third-order valence-electron chi connectivity index (χ3n) is 1.80. The van der Waals surface area contributed by atoms with Crippen molar-refractivity contribution in [2.24, 2.45) is 5.73 Å². The molecule has 1 amide bonds. The van der Waals surface area contributed by atoms with E-state index in [2.05, 4.69) is 5.32 Å². The maximum Gasteiger partial charge on any atom is 0.220 e. The lowest BCUT2D eigenvalue weighted by molar-refractivity contribution is -0.120. The molecule has 0 aromatic rings. The van der Waals surface area contributed by atoms with E-state index in [9.17, 15) is 13.2 Å². The summed E-state index contributed by atoms with van der Waals surface area (Å²) in [4.78, 5) is 10.8. The third kappa shape index (κ3) is 6.85. The highest BCUT2D eigenvalue weighted by molar-refractivity contribution is 7.91. The van der Waals surface area contributed by atoms with Gasteiger partial charge < -0.3 is 11.1 Å². The Kier molecular flexibility index (Phi) is 5.71. The second kappa shape index (κ2) is 5.98. The summed E-state index contributed by atoms with van der Waals surface area (Å²) >= 11 is 0. The predicted molar refractivity (Wildman–Crippen MR) is 55.6 cm³/mol. The average Bonchev–Trinajstić information content (AvgIpc) is 2.11.